The standard InChI is InChI=1S/C14H18O/c1-15-14-9-5-8-13(11-14)10-12-6-3-2-4-7-12/h3,5-8,11,14H,2,4,9-10H2,1H3. The molecule has 2 aliphatic rings. The van der Waals surface area contributed by atoms with Crippen LogP contribution in [0.2, 0.25) is 0 Å². The maximum atomic E-state index is 5.35. The van der Waals surface area contributed by atoms with Gasteiger partial charge in [-0.25, -0.2) is 0 Å². The molecule has 0 aromatic carbocycles. The van der Waals surface area contributed by atoms with Crippen molar-refractivity contribution < 1.29 is 4.74 Å². The summed E-state index contributed by atoms with van der Waals surface area (Å²) in [5, 5.41) is 0. The summed E-state index contributed by atoms with van der Waals surface area (Å²) in [6, 6.07) is 0. The van der Waals surface area contributed by atoms with Gasteiger partial charge < -0.3 is 4.74 Å². The maximum absolute atomic E-state index is 5.35. The average molecular weight is 202 g/mol. The lowest BCUT2D eigenvalue weighted by atomic mass is 9.95. The third-order valence-corrected chi connectivity index (χ3v) is 2.88. The van der Waals surface area contributed by atoms with Crippen LogP contribution in [-0.4, -0.2) is 13.2 Å². The van der Waals surface area contributed by atoms with Crippen LogP contribution in [-0.2, 0) is 4.74 Å². The number of ether oxygens (including phenoxy) is 1. The van der Waals surface area contributed by atoms with Crippen LogP contribution < -0.4 is 0 Å². The molecule has 1 atom stereocenters. The molecule has 0 heterocycles. The third-order valence-electron chi connectivity index (χ3n) is 2.88. The molecule has 0 aliphatic heterocycles. The predicted octanol–water partition coefficient (Wildman–Crippen LogP) is 3.55. The topological polar surface area (TPSA) is 9.23 Å². The van der Waals surface area contributed by atoms with E-state index in [1.807, 2.05) is 0 Å². The Kier molecular flexibility index (Phi) is 3.57. The fourth-order valence-corrected chi connectivity index (χ4v) is 2.03. The van der Waals surface area contributed by atoms with Crippen molar-refractivity contribution in [3.63, 3.8) is 0 Å². The summed E-state index contributed by atoms with van der Waals surface area (Å²) in [5.41, 5.74) is 2.82. The smallest absolute Gasteiger partial charge is 0.0792 e. The fraction of sp³-hybridized carbons (Fsp3) is 0.429. The van der Waals surface area contributed by atoms with Crippen LogP contribution in [0, 0.1) is 0 Å². The highest BCUT2D eigenvalue weighted by Crippen LogP contribution is 2.22. The number of hydrogen-bond acceptors (Lipinski definition) is 1. The Morgan fingerprint density at radius 2 is 2.07 bits per heavy atom. The van der Waals surface area contributed by atoms with Gasteiger partial charge >= 0.3 is 0 Å². The normalized spacial score (nSPS) is 25.0. The van der Waals surface area contributed by atoms with Crippen LogP contribution in [0.3, 0.4) is 0 Å². The minimum absolute atomic E-state index is 0.276. The van der Waals surface area contributed by atoms with Crippen LogP contribution in [0.5, 0.6) is 0 Å². The van der Waals surface area contributed by atoms with Gasteiger partial charge in [0.1, 0.15) is 0 Å². The SMILES string of the molecule is COC1C=C(CC2=CCCC=C2)C=CC1. The molecule has 1 heteroatoms. The second-order valence-corrected chi connectivity index (χ2v) is 4.09. The first-order valence-electron chi connectivity index (χ1n) is 5.64. The average Bonchev–Trinajstić information content (AvgIpc) is 2.31. The Morgan fingerprint density at radius 3 is 2.80 bits per heavy atom. The Labute approximate surface area is 91.8 Å². The Morgan fingerprint density at radius 1 is 1.20 bits per heavy atom. The summed E-state index contributed by atoms with van der Waals surface area (Å²) in [6.45, 7) is 0. The highest BCUT2D eigenvalue weighted by Gasteiger charge is 2.08. The minimum atomic E-state index is 0.276. The summed E-state index contributed by atoms with van der Waals surface area (Å²) < 4.78 is 5.35. The van der Waals surface area contributed by atoms with Gasteiger partial charge in [-0.1, -0.05) is 36.5 Å². The first-order chi connectivity index (χ1) is 7.38. The van der Waals surface area contributed by atoms with Crippen molar-refractivity contribution in [3.8, 4) is 0 Å². The van der Waals surface area contributed by atoms with Crippen LogP contribution in [0.4, 0.5) is 0 Å². The molecule has 0 amide bonds. The molecular formula is C14H18O. The van der Waals surface area contributed by atoms with Crippen molar-refractivity contribution in [3.05, 3.63) is 47.6 Å². The van der Waals surface area contributed by atoms with Crippen LogP contribution in [0.25, 0.3) is 0 Å². The van der Waals surface area contributed by atoms with Crippen LogP contribution in [0.1, 0.15) is 25.7 Å². The van der Waals surface area contributed by atoms with Gasteiger partial charge in [-0.3, -0.25) is 0 Å². The molecule has 0 radical (unpaired) electrons. The highest BCUT2D eigenvalue weighted by molar-refractivity contribution is 5.34. The van der Waals surface area contributed by atoms with Gasteiger partial charge in [0.05, 0.1) is 6.10 Å². The second kappa shape index (κ2) is 5.13. The largest absolute Gasteiger partial charge is 0.377 e. The molecular weight excluding hydrogens is 184 g/mol. The fourth-order valence-electron chi connectivity index (χ4n) is 2.03. The zero-order valence-electron chi connectivity index (χ0n) is 9.28. The summed E-state index contributed by atoms with van der Waals surface area (Å²) in [6.07, 6.45) is 18.2. The molecule has 0 fully saturated rings. The van der Waals surface area contributed by atoms with E-state index in [0.29, 0.717) is 0 Å². The lowest BCUT2D eigenvalue weighted by Crippen LogP contribution is -2.09. The van der Waals surface area contributed by atoms with E-state index in [1.54, 1.807) is 7.11 Å². The van der Waals surface area contributed by atoms with Crippen molar-refractivity contribution in [2.24, 2.45) is 0 Å². The first kappa shape index (κ1) is 10.4. The van der Waals surface area contributed by atoms with Crippen LogP contribution >= 0.6 is 0 Å². The lowest BCUT2D eigenvalue weighted by molar-refractivity contribution is 0.142. The van der Waals surface area contributed by atoms with E-state index in [1.165, 1.54) is 24.0 Å². The highest BCUT2D eigenvalue weighted by atomic mass is 16.5. The zero-order valence-corrected chi connectivity index (χ0v) is 9.28. The Bertz CT molecular complexity index is 331. The summed E-state index contributed by atoms with van der Waals surface area (Å²) in [4.78, 5) is 0. The molecule has 80 valence electrons. The molecule has 0 saturated heterocycles. The second-order valence-electron chi connectivity index (χ2n) is 4.09. The molecule has 1 nitrogen and oxygen atoms in total. The number of methoxy groups -OCH3 is 1. The Hall–Kier alpha value is -1.08. The van der Waals surface area contributed by atoms with Crippen molar-refractivity contribution in [1.82, 2.24) is 0 Å². The Balaban J connectivity index is 1.99. The number of rotatable bonds is 3. The molecule has 1 unspecified atom stereocenters. The molecule has 15 heavy (non-hydrogen) atoms. The summed E-state index contributed by atoms with van der Waals surface area (Å²) >= 11 is 0. The third kappa shape index (κ3) is 2.93. The van der Waals surface area contributed by atoms with Gasteiger partial charge in [-0.05, 0) is 36.8 Å². The van der Waals surface area contributed by atoms with Crippen molar-refractivity contribution in [2.45, 2.75) is 31.8 Å². The number of hydrogen-bond donors (Lipinski definition) is 0. The molecule has 0 aromatic rings. The van der Waals surface area contributed by atoms with E-state index in [2.05, 4.69) is 36.5 Å². The lowest BCUT2D eigenvalue weighted by Gasteiger charge is -2.16. The van der Waals surface area contributed by atoms with Gasteiger partial charge in [0.2, 0.25) is 0 Å². The quantitative estimate of drug-likeness (QED) is 0.680. The molecule has 0 bridgehead atoms. The zero-order chi connectivity index (χ0) is 10.5. The van der Waals surface area contributed by atoms with Gasteiger partial charge in [-0.2, -0.15) is 0 Å². The molecule has 0 spiro atoms. The minimum Gasteiger partial charge on any atom is -0.377 e. The first-order valence-corrected chi connectivity index (χ1v) is 5.64. The van der Waals surface area contributed by atoms with Crippen molar-refractivity contribution >= 4 is 0 Å². The molecule has 2 aliphatic carbocycles. The van der Waals surface area contributed by atoms with Crippen LogP contribution in [0.15, 0.2) is 47.6 Å². The molecule has 2 rings (SSSR count). The van der Waals surface area contributed by atoms with Gasteiger partial charge in [0.25, 0.3) is 0 Å². The van der Waals surface area contributed by atoms with E-state index >= 15 is 0 Å². The molecule has 0 saturated carbocycles. The molecule has 0 N–H and O–H groups in total. The van der Waals surface area contributed by atoms with E-state index in [4.69, 9.17) is 4.74 Å². The van der Waals surface area contributed by atoms with Gasteiger partial charge in [0.15, 0.2) is 0 Å². The van der Waals surface area contributed by atoms with Crippen molar-refractivity contribution in [1.29, 1.82) is 0 Å². The summed E-state index contributed by atoms with van der Waals surface area (Å²) in [5.74, 6) is 0. The van der Waals surface area contributed by atoms with Gasteiger partial charge in [-0.15, -0.1) is 0 Å². The molecule has 0 aromatic heterocycles. The predicted molar refractivity (Wildman–Crippen MR) is 63.7 cm³/mol. The monoisotopic (exact) mass is 202 g/mol. The van der Waals surface area contributed by atoms with Gasteiger partial charge in [0, 0.05) is 7.11 Å². The van der Waals surface area contributed by atoms with E-state index in [0.717, 1.165) is 12.8 Å². The van der Waals surface area contributed by atoms with E-state index in [9.17, 15) is 0 Å². The van der Waals surface area contributed by atoms with E-state index in [-0.39, 0.29) is 6.10 Å². The van der Waals surface area contributed by atoms with Crippen molar-refractivity contribution in [2.75, 3.05) is 7.11 Å². The van der Waals surface area contributed by atoms with E-state index < -0.39 is 0 Å². The summed E-state index contributed by atoms with van der Waals surface area (Å²) in [7, 11) is 1.78. The maximum Gasteiger partial charge on any atom is 0.0792 e. The number of allylic oxidation sites excluding steroid dienone is 6.